The van der Waals surface area contributed by atoms with Crippen LogP contribution in [0.4, 0.5) is 0 Å². The largest absolute Gasteiger partial charge is 0.468 e. The number of fused-ring (bicyclic) bond motifs is 1. The van der Waals surface area contributed by atoms with E-state index in [0.29, 0.717) is 6.04 Å². The number of nitrogens with one attached hydrogen (secondary N) is 1. The average molecular weight is 294 g/mol. The molecule has 3 fully saturated rings. The molecule has 2 aliphatic carbocycles. The second-order valence-corrected chi connectivity index (χ2v) is 7.20. The number of ether oxygens (including phenoxy) is 1. The van der Waals surface area contributed by atoms with Crippen LogP contribution in [0.1, 0.15) is 51.4 Å². The topological polar surface area (TPSA) is 41.6 Å². The van der Waals surface area contributed by atoms with Crippen LogP contribution in [-0.4, -0.2) is 49.7 Å². The second kappa shape index (κ2) is 7.10. The van der Waals surface area contributed by atoms with E-state index in [4.69, 9.17) is 4.74 Å². The van der Waals surface area contributed by atoms with Crippen molar-refractivity contribution in [2.75, 3.05) is 26.7 Å². The zero-order valence-corrected chi connectivity index (χ0v) is 13.4. The smallest absolute Gasteiger partial charge is 0.322 e. The highest BCUT2D eigenvalue weighted by Gasteiger charge is 2.33. The minimum Gasteiger partial charge on any atom is -0.468 e. The first-order valence-electron chi connectivity index (χ1n) is 8.82. The van der Waals surface area contributed by atoms with Crippen LogP contribution in [0.15, 0.2) is 0 Å². The van der Waals surface area contributed by atoms with Crippen LogP contribution in [0.2, 0.25) is 0 Å². The van der Waals surface area contributed by atoms with E-state index in [1.807, 2.05) is 0 Å². The van der Waals surface area contributed by atoms with Gasteiger partial charge in [-0.3, -0.25) is 4.79 Å². The van der Waals surface area contributed by atoms with Crippen molar-refractivity contribution >= 4 is 5.97 Å². The van der Waals surface area contributed by atoms with Crippen molar-refractivity contribution in [1.82, 2.24) is 10.2 Å². The molecule has 0 aromatic heterocycles. The van der Waals surface area contributed by atoms with Crippen LogP contribution in [0, 0.1) is 11.8 Å². The van der Waals surface area contributed by atoms with Crippen molar-refractivity contribution in [3.8, 4) is 0 Å². The molecule has 21 heavy (non-hydrogen) atoms. The fraction of sp³-hybridized carbons (Fsp3) is 0.941. The number of carbonyl (C=O) groups excluding carboxylic acids is 1. The van der Waals surface area contributed by atoms with E-state index in [-0.39, 0.29) is 12.0 Å². The minimum absolute atomic E-state index is 0.0885. The fourth-order valence-electron chi connectivity index (χ4n) is 4.14. The van der Waals surface area contributed by atoms with E-state index < -0.39 is 0 Å². The monoisotopic (exact) mass is 294 g/mol. The standard InChI is InChI=1S/C17H30N2O2/c1-21-17(20)16(18-15-6-7-15)9-11-19-10-8-13-4-2-3-5-14(13)12-19/h13-16,18H,2-12H2,1H3. The van der Waals surface area contributed by atoms with Crippen LogP contribution in [0.3, 0.4) is 0 Å². The maximum absolute atomic E-state index is 11.9. The number of piperidine rings is 1. The highest BCUT2D eigenvalue weighted by atomic mass is 16.5. The van der Waals surface area contributed by atoms with Gasteiger partial charge in [-0.15, -0.1) is 0 Å². The van der Waals surface area contributed by atoms with Crippen LogP contribution in [-0.2, 0) is 9.53 Å². The Morgan fingerprint density at radius 3 is 2.67 bits per heavy atom. The number of hydrogen-bond donors (Lipinski definition) is 1. The molecule has 3 atom stereocenters. The predicted molar refractivity (Wildman–Crippen MR) is 83.1 cm³/mol. The summed E-state index contributed by atoms with van der Waals surface area (Å²) in [5.74, 6) is 1.81. The molecule has 1 saturated heterocycles. The highest BCUT2D eigenvalue weighted by molar-refractivity contribution is 5.75. The first kappa shape index (κ1) is 15.3. The zero-order chi connectivity index (χ0) is 14.7. The lowest BCUT2D eigenvalue weighted by atomic mass is 9.75. The third-order valence-corrected chi connectivity index (χ3v) is 5.61. The lowest BCUT2D eigenvalue weighted by Crippen LogP contribution is -2.45. The predicted octanol–water partition coefficient (Wildman–Crippen LogP) is 2.18. The van der Waals surface area contributed by atoms with Gasteiger partial charge in [-0.25, -0.2) is 0 Å². The molecule has 2 saturated carbocycles. The summed E-state index contributed by atoms with van der Waals surface area (Å²) < 4.78 is 4.95. The molecule has 0 bridgehead atoms. The molecule has 1 N–H and O–H groups in total. The summed E-state index contributed by atoms with van der Waals surface area (Å²) in [4.78, 5) is 14.5. The van der Waals surface area contributed by atoms with Gasteiger partial charge in [-0.2, -0.15) is 0 Å². The van der Waals surface area contributed by atoms with Gasteiger partial charge in [-0.1, -0.05) is 19.3 Å². The molecule has 3 unspecified atom stereocenters. The Morgan fingerprint density at radius 1 is 1.19 bits per heavy atom. The van der Waals surface area contributed by atoms with E-state index in [2.05, 4.69) is 10.2 Å². The molecule has 4 heteroatoms. The molecule has 0 aromatic carbocycles. The maximum Gasteiger partial charge on any atom is 0.322 e. The number of likely N-dealkylation sites (tertiary alicyclic amines) is 1. The lowest BCUT2D eigenvalue weighted by molar-refractivity contribution is -0.143. The lowest BCUT2D eigenvalue weighted by Gasteiger charge is -2.41. The van der Waals surface area contributed by atoms with E-state index in [1.165, 1.54) is 65.1 Å². The zero-order valence-electron chi connectivity index (χ0n) is 13.4. The Labute approximate surface area is 128 Å². The number of hydrogen-bond acceptors (Lipinski definition) is 4. The van der Waals surface area contributed by atoms with E-state index >= 15 is 0 Å². The van der Waals surface area contributed by atoms with Crippen molar-refractivity contribution in [3.63, 3.8) is 0 Å². The molecular formula is C17H30N2O2. The summed E-state index contributed by atoms with van der Waals surface area (Å²) in [6, 6.07) is 0.449. The van der Waals surface area contributed by atoms with Crippen molar-refractivity contribution in [3.05, 3.63) is 0 Å². The van der Waals surface area contributed by atoms with Crippen LogP contribution in [0.25, 0.3) is 0 Å². The Hall–Kier alpha value is -0.610. The molecule has 1 heterocycles. The molecule has 0 amide bonds. The third-order valence-electron chi connectivity index (χ3n) is 5.61. The summed E-state index contributed by atoms with van der Waals surface area (Å²) in [6.07, 6.45) is 10.4. The number of esters is 1. The maximum atomic E-state index is 11.9. The molecular weight excluding hydrogens is 264 g/mol. The first-order valence-corrected chi connectivity index (χ1v) is 8.82. The Balaban J connectivity index is 1.45. The second-order valence-electron chi connectivity index (χ2n) is 7.20. The first-order chi connectivity index (χ1) is 10.3. The summed E-state index contributed by atoms with van der Waals surface area (Å²) in [5, 5.41) is 3.44. The molecule has 0 spiro atoms. The van der Waals surface area contributed by atoms with Gasteiger partial charge in [0.1, 0.15) is 6.04 Å². The Morgan fingerprint density at radius 2 is 1.95 bits per heavy atom. The van der Waals surface area contributed by atoms with Crippen molar-refractivity contribution in [2.24, 2.45) is 11.8 Å². The molecule has 4 nitrogen and oxygen atoms in total. The van der Waals surface area contributed by atoms with E-state index in [9.17, 15) is 4.79 Å². The normalized spacial score (nSPS) is 31.5. The summed E-state index contributed by atoms with van der Waals surface area (Å²) in [5.41, 5.74) is 0. The van der Waals surface area contributed by atoms with Gasteiger partial charge in [0.15, 0.2) is 0 Å². The van der Waals surface area contributed by atoms with Gasteiger partial charge in [0.05, 0.1) is 7.11 Å². The van der Waals surface area contributed by atoms with Gasteiger partial charge in [0, 0.05) is 19.1 Å². The number of carbonyl (C=O) groups is 1. The fourth-order valence-corrected chi connectivity index (χ4v) is 4.14. The van der Waals surface area contributed by atoms with Gasteiger partial charge >= 0.3 is 5.97 Å². The molecule has 0 aromatic rings. The van der Waals surface area contributed by atoms with Gasteiger partial charge < -0.3 is 15.0 Å². The average Bonchev–Trinajstić information content (AvgIpc) is 3.34. The van der Waals surface area contributed by atoms with E-state index in [0.717, 1.165) is 24.8 Å². The summed E-state index contributed by atoms with van der Waals surface area (Å²) in [6.45, 7) is 3.50. The van der Waals surface area contributed by atoms with Crippen molar-refractivity contribution < 1.29 is 9.53 Å². The minimum atomic E-state index is -0.105. The molecule has 0 radical (unpaired) electrons. The van der Waals surface area contributed by atoms with Gasteiger partial charge in [0.25, 0.3) is 0 Å². The summed E-state index contributed by atoms with van der Waals surface area (Å²) >= 11 is 0. The Bertz CT molecular complexity index is 357. The van der Waals surface area contributed by atoms with E-state index in [1.54, 1.807) is 0 Å². The van der Waals surface area contributed by atoms with Gasteiger partial charge in [-0.05, 0) is 50.5 Å². The highest BCUT2D eigenvalue weighted by Crippen LogP contribution is 2.36. The third kappa shape index (κ3) is 4.19. The Kier molecular flexibility index (Phi) is 5.17. The van der Waals surface area contributed by atoms with Gasteiger partial charge in [0.2, 0.25) is 0 Å². The molecule has 120 valence electrons. The number of rotatable bonds is 6. The quantitative estimate of drug-likeness (QED) is 0.763. The SMILES string of the molecule is COC(=O)C(CCN1CCC2CCCCC2C1)NC1CC1. The summed E-state index contributed by atoms with van der Waals surface area (Å²) in [7, 11) is 1.50. The van der Waals surface area contributed by atoms with Crippen molar-refractivity contribution in [2.45, 2.75) is 63.5 Å². The van der Waals surface area contributed by atoms with Crippen LogP contribution in [0.5, 0.6) is 0 Å². The van der Waals surface area contributed by atoms with Crippen LogP contribution >= 0.6 is 0 Å². The molecule has 1 aliphatic heterocycles. The van der Waals surface area contributed by atoms with Crippen LogP contribution < -0.4 is 5.32 Å². The van der Waals surface area contributed by atoms with Crippen molar-refractivity contribution in [1.29, 1.82) is 0 Å². The molecule has 3 rings (SSSR count). The molecule has 3 aliphatic rings. The number of methoxy groups -OCH3 is 1. The number of nitrogens with zero attached hydrogens (tertiary/aromatic N) is 1.